The van der Waals surface area contributed by atoms with Crippen LogP contribution >= 0.6 is 11.6 Å². The second kappa shape index (κ2) is 5.17. The summed E-state index contributed by atoms with van der Waals surface area (Å²) >= 11 is 5.24. The van der Waals surface area contributed by atoms with E-state index in [0.29, 0.717) is 6.07 Å². The number of alkyl halides is 6. The summed E-state index contributed by atoms with van der Waals surface area (Å²) in [5.74, 6) is -0.411. The van der Waals surface area contributed by atoms with E-state index in [1.165, 1.54) is 0 Å². The molecule has 0 unspecified atom stereocenters. The van der Waals surface area contributed by atoms with Gasteiger partial charge in [-0.1, -0.05) is 0 Å². The van der Waals surface area contributed by atoms with Crippen LogP contribution in [0.25, 0.3) is 0 Å². The van der Waals surface area contributed by atoms with Crippen LogP contribution in [0, 0.1) is 0 Å². The van der Waals surface area contributed by atoms with E-state index in [-0.39, 0.29) is 0 Å². The summed E-state index contributed by atoms with van der Waals surface area (Å²) in [6.07, 6.45) is -10.3. The third kappa shape index (κ3) is 4.94. The Morgan fingerprint density at radius 3 is 2.22 bits per heavy atom. The highest BCUT2D eigenvalue weighted by Crippen LogP contribution is 2.29. The van der Waals surface area contributed by atoms with Crippen LogP contribution in [0.1, 0.15) is 12.1 Å². The lowest BCUT2D eigenvalue weighted by Gasteiger charge is -2.10. The van der Waals surface area contributed by atoms with Crippen LogP contribution in [0.2, 0.25) is 5.28 Å². The van der Waals surface area contributed by atoms with Gasteiger partial charge in [-0.05, 0) is 11.6 Å². The van der Waals surface area contributed by atoms with E-state index in [0.717, 1.165) is 0 Å². The van der Waals surface area contributed by atoms with Crippen molar-refractivity contribution in [1.82, 2.24) is 9.97 Å². The third-order valence-electron chi connectivity index (χ3n) is 1.70. The first-order chi connectivity index (χ1) is 8.08. The van der Waals surface area contributed by atoms with E-state index < -0.39 is 42.1 Å². The summed E-state index contributed by atoms with van der Waals surface area (Å²) in [6.45, 7) is -0.603. The Bertz CT molecular complexity index is 416. The Morgan fingerprint density at radius 1 is 1.11 bits per heavy atom. The summed E-state index contributed by atoms with van der Waals surface area (Å²) < 4.78 is 72.4. The zero-order valence-electron chi connectivity index (χ0n) is 8.53. The van der Waals surface area contributed by atoms with Gasteiger partial charge in [-0.2, -0.15) is 26.3 Å². The minimum atomic E-state index is -4.74. The van der Waals surface area contributed by atoms with Crippen molar-refractivity contribution in [1.29, 1.82) is 0 Å². The van der Waals surface area contributed by atoms with Crippen LogP contribution in [0.15, 0.2) is 6.07 Å². The smallest absolute Gasteiger partial charge is 0.370 e. The van der Waals surface area contributed by atoms with Crippen molar-refractivity contribution >= 4 is 17.4 Å². The summed E-state index contributed by atoms with van der Waals surface area (Å²) in [5.41, 5.74) is -1.32. The SMILES string of the molecule is FC(F)(F)CCNc1cc(C(F)(F)F)nc(Cl)n1. The molecule has 1 aromatic heterocycles. The average Bonchev–Trinajstić information content (AvgIpc) is 2.13. The zero-order valence-corrected chi connectivity index (χ0v) is 9.29. The molecule has 0 bridgehead atoms. The Hall–Kier alpha value is -1.25. The number of nitrogens with one attached hydrogen (secondary N) is 1. The molecule has 1 rings (SSSR count). The first kappa shape index (κ1) is 14.8. The minimum absolute atomic E-state index is 0.411. The van der Waals surface area contributed by atoms with Gasteiger partial charge in [-0.25, -0.2) is 9.97 Å². The fourth-order valence-electron chi connectivity index (χ4n) is 0.986. The molecule has 10 heteroatoms. The largest absolute Gasteiger partial charge is 0.433 e. The molecule has 0 aromatic carbocycles. The van der Waals surface area contributed by atoms with E-state index in [1.54, 1.807) is 0 Å². The highest BCUT2D eigenvalue weighted by molar-refractivity contribution is 6.28. The monoisotopic (exact) mass is 293 g/mol. The van der Waals surface area contributed by atoms with Gasteiger partial charge in [0.15, 0.2) is 5.69 Å². The molecule has 1 aromatic rings. The molecule has 0 fully saturated rings. The van der Waals surface area contributed by atoms with Crippen LogP contribution in [0.5, 0.6) is 0 Å². The number of hydrogen-bond donors (Lipinski definition) is 1. The van der Waals surface area contributed by atoms with E-state index in [2.05, 4.69) is 15.3 Å². The number of halogens is 7. The molecule has 0 radical (unpaired) electrons. The molecule has 0 aliphatic heterocycles. The number of rotatable bonds is 3. The minimum Gasteiger partial charge on any atom is -0.370 e. The summed E-state index contributed by atoms with van der Waals surface area (Å²) in [7, 11) is 0. The maximum atomic E-state index is 12.3. The molecule has 1 N–H and O–H groups in total. The maximum Gasteiger partial charge on any atom is 0.433 e. The molecule has 0 aliphatic rings. The second-order valence-electron chi connectivity index (χ2n) is 3.20. The van der Waals surface area contributed by atoms with Gasteiger partial charge in [0.05, 0.1) is 6.42 Å². The molecule has 0 saturated heterocycles. The fraction of sp³-hybridized carbons (Fsp3) is 0.500. The van der Waals surface area contributed by atoms with Gasteiger partial charge in [0, 0.05) is 12.6 Å². The molecule has 1 heterocycles. The lowest BCUT2D eigenvalue weighted by Crippen LogP contribution is -2.16. The molecular formula is C8H6ClF6N3. The van der Waals surface area contributed by atoms with Crippen molar-refractivity contribution in [3.63, 3.8) is 0 Å². The van der Waals surface area contributed by atoms with Crippen molar-refractivity contribution in [3.05, 3.63) is 17.0 Å². The quantitative estimate of drug-likeness (QED) is 0.684. The normalized spacial score (nSPS) is 12.6. The lowest BCUT2D eigenvalue weighted by atomic mass is 10.3. The van der Waals surface area contributed by atoms with Crippen LogP contribution in [-0.4, -0.2) is 22.7 Å². The molecule has 0 aliphatic carbocycles. The summed E-state index contributed by atoms with van der Waals surface area (Å²) in [6, 6.07) is 0.488. The van der Waals surface area contributed by atoms with Gasteiger partial charge in [0.25, 0.3) is 0 Å². The van der Waals surface area contributed by atoms with E-state index in [1.807, 2.05) is 0 Å². The van der Waals surface area contributed by atoms with Gasteiger partial charge in [-0.3, -0.25) is 0 Å². The van der Waals surface area contributed by atoms with Gasteiger partial charge in [-0.15, -0.1) is 0 Å². The van der Waals surface area contributed by atoms with Crippen molar-refractivity contribution in [3.8, 4) is 0 Å². The molecule has 0 saturated carbocycles. The van der Waals surface area contributed by atoms with Gasteiger partial charge < -0.3 is 5.32 Å². The van der Waals surface area contributed by atoms with E-state index in [4.69, 9.17) is 11.6 Å². The number of hydrogen-bond acceptors (Lipinski definition) is 3. The Labute approximate surface area is 102 Å². The van der Waals surface area contributed by atoms with E-state index in [9.17, 15) is 26.3 Å². The number of nitrogens with zero attached hydrogens (tertiary/aromatic N) is 2. The second-order valence-corrected chi connectivity index (χ2v) is 3.54. The van der Waals surface area contributed by atoms with Crippen molar-refractivity contribution < 1.29 is 26.3 Å². The first-order valence-electron chi connectivity index (χ1n) is 4.50. The Balaban J connectivity index is 2.75. The lowest BCUT2D eigenvalue weighted by molar-refractivity contribution is -0.141. The van der Waals surface area contributed by atoms with Crippen molar-refractivity contribution in [2.75, 3.05) is 11.9 Å². The Kier molecular flexibility index (Phi) is 4.25. The van der Waals surface area contributed by atoms with Crippen LogP contribution in [-0.2, 0) is 6.18 Å². The number of anilines is 1. The molecule has 0 spiro atoms. The average molecular weight is 294 g/mol. The van der Waals surface area contributed by atoms with Gasteiger partial charge >= 0.3 is 12.4 Å². The highest BCUT2D eigenvalue weighted by atomic mass is 35.5. The van der Waals surface area contributed by atoms with E-state index >= 15 is 0 Å². The Morgan fingerprint density at radius 2 is 1.72 bits per heavy atom. The van der Waals surface area contributed by atoms with Crippen molar-refractivity contribution in [2.45, 2.75) is 18.8 Å². The summed E-state index contributed by atoms with van der Waals surface area (Å²) in [4.78, 5) is 6.27. The number of aromatic nitrogens is 2. The van der Waals surface area contributed by atoms with Gasteiger partial charge in [0.2, 0.25) is 5.28 Å². The molecule has 102 valence electrons. The van der Waals surface area contributed by atoms with Gasteiger partial charge in [0.1, 0.15) is 5.82 Å². The third-order valence-corrected chi connectivity index (χ3v) is 1.87. The van der Waals surface area contributed by atoms with Crippen LogP contribution in [0.4, 0.5) is 32.2 Å². The predicted octanol–water partition coefficient (Wildman–Crippen LogP) is 3.51. The fourth-order valence-corrected chi connectivity index (χ4v) is 1.17. The predicted molar refractivity (Wildman–Crippen MR) is 51.2 cm³/mol. The molecule has 0 atom stereocenters. The zero-order chi connectivity index (χ0) is 14.0. The molecular weight excluding hydrogens is 288 g/mol. The maximum absolute atomic E-state index is 12.3. The van der Waals surface area contributed by atoms with Crippen LogP contribution < -0.4 is 5.32 Å². The van der Waals surface area contributed by atoms with Crippen molar-refractivity contribution in [2.24, 2.45) is 0 Å². The summed E-state index contributed by atoms with van der Waals surface area (Å²) in [5, 5.41) is 1.40. The molecule has 0 amide bonds. The highest BCUT2D eigenvalue weighted by Gasteiger charge is 2.33. The molecule has 18 heavy (non-hydrogen) atoms. The molecule has 3 nitrogen and oxygen atoms in total. The van der Waals surface area contributed by atoms with Crippen LogP contribution in [0.3, 0.4) is 0 Å². The standard InChI is InChI=1S/C8H6ClF6N3/c9-6-17-4(8(13,14)15)3-5(18-6)16-2-1-7(10,11)12/h3H,1-2H2,(H,16,17,18). The first-order valence-corrected chi connectivity index (χ1v) is 4.88. The topological polar surface area (TPSA) is 37.8 Å².